The van der Waals surface area contributed by atoms with Gasteiger partial charge in [0, 0.05) is 34.6 Å². The number of hydrogen-bond donors (Lipinski definition) is 2. The Balaban J connectivity index is 1.41. The van der Waals surface area contributed by atoms with Crippen molar-refractivity contribution in [3.05, 3.63) is 144 Å². The largest absolute Gasteiger partial charge is 0.463 e. The predicted molar refractivity (Wildman–Crippen MR) is 299 cm³/mol. The molecule has 0 aliphatic carbocycles. The third-order valence-corrected chi connectivity index (χ3v) is 13.4. The van der Waals surface area contributed by atoms with Gasteiger partial charge in [-0.05, 0) is 42.0 Å². The first-order valence-corrected chi connectivity index (χ1v) is 28.2. The molecule has 3 aliphatic heterocycles. The first kappa shape index (κ1) is 68.0. The number of rotatable bonds is 23. The van der Waals surface area contributed by atoms with Crippen LogP contribution in [0.15, 0.2) is 121 Å². The second-order valence-electron chi connectivity index (χ2n) is 19.8. The van der Waals surface area contributed by atoms with Crippen molar-refractivity contribution in [3.8, 4) is 0 Å². The maximum atomic E-state index is 14.6. The molecule has 29 heteroatoms. The number of ether oxygens (including phenoxy) is 15. The quantitative estimate of drug-likeness (QED) is 0.0547. The van der Waals surface area contributed by atoms with Gasteiger partial charge in [-0.25, -0.2) is 19.2 Å². The minimum atomic E-state index is -2.16. The maximum Gasteiger partial charge on any atom is 0.407 e. The van der Waals surface area contributed by atoms with E-state index in [9.17, 15) is 48.3 Å². The molecule has 15 unspecified atom stereocenters. The number of nitrogens with one attached hydrogen (secondary N) is 1. The summed E-state index contributed by atoms with van der Waals surface area (Å²) >= 11 is 17.7. The van der Waals surface area contributed by atoms with E-state index in [1.807, 2.05) is 0 Å². The normalized spacial score (nSPS) is 26.8. The molecule has 4 aromatic carbocycles. The summed E-state index contributed by atoms with van der Waals surface area (Å²) in [6, 6.07) is 29.2. The van der Waals surface area contributed by atoms with Crippen LogP contribution >= 0.6 is 34.8 Å². The number of aliphatic hydroxyl groups excluding tert-OH is 1. The fraction of sp³-hybridized carbons (Fsp3) is 0.441. The van der Waals surface area contributed by atoms with Gasteiger partial charge >= 0.3 is 53.8 Å². The number of carbonyl (C=O) groups is 9. The van der Waals surface area contributed by atoms with E-state index in [2.05, 4.69) is 5.32 Å². The SMILES string of the molecule is CC(=O)OCC1OC(OCC2OC(OC3C(COCc4ccccc4)OC(O)C(OC(C)=O)C3OC(C)=O)C(OC(=O)c3ccccc3)C(OC(=O)c3ccccc3)C2OC(=O)c2ccccc2)C(NC(=O)OCC(Cl)(Cl)Cl)C(OC(C)=O)C1OC(C)=O. The molecular formula is C59H62Cl3NO25. The molecule has 15 atom stereocenters. The third kappa shape index (κ3) is 19.8. The Hall–Kier alpha value is -7.50. The average Bonchev–Trinajstić information content (AvgIpc) is 2.54. The Labute approximate surface area is 518 Å². The first-order valence-electron chi connectivity index (χ1n) is 27.1. The van der Waals surface area contributed by atoms with Crippen LogP contribution in [0.1, 0.15) is 71.3 Å². The van der Waals surface area contributed by atoms with Crippen molar-refractivity contribution in [2.24, 2.45) is 0 Å². The average molecular weight is 1290 g/mol. The summed E-state index contributed by atoms with van der Waals surface area (Å²) in [4.78, 5) is 121. The number of amides is 1. The van der Waals surface area contributed by atoms with Crippen molar-refractivity contribution < 1.29 is 119 Å². The molecule has 0 radical (unpaired) electrons. The zero-order chi connectivity index (χ0) is 63.7. The summed E-state index contributed by atoms with van der Waals surface area (Å²) in [5.41, 5.74) is 0.480. The van der Waals surface area contributed by atoms with Crippen LogP contribution in [0.25, 0.3) is 0 Å². The number of halogens is 3. The Morgan fingerprint density at radius 1 is 0.455 bits per heavy atom. The Kier molecular flexibility index (Phi) is 24.8. The molecule has 3 aliphatic rings. The van der Waals surface area contributed by atoms with Crippen molar-refractivity contribution in [3.63, 3.8) is 0 Å². The summed E-state index contributed by atoms with van der Waals surface area (Å²) in [5.74, 6) is -8.05. The van der Waals surface area contributed by atoms with Crippen LogP contribution < -0.4 is 5.32 Å². The number of carbonyl (C=O) groups excluding carboxylic acids is 9. The van der Waals surface area contributed by atoms with Gasteiger partial charge < -0.3 is 81.5 Å². The van der Waals surface area contributed by atoms with Gasteiger partial charge in [0.2, 0.25) is 3.79 Å². The van der Waals surface area contributed by atoms with Gasteiger partial charge in [0.15, 0.2) is 61.6 Å². The molecule has 3 fully saturated rings. The van der Waals surface area contributed by atoms with E-state index in [0.29, 0.717) is 5.56 Å². The van der Waals surface area contributed by atoms with Crippen molar-refractivity contribution in [2.75, 3.05) is 26.4 Å². The number of benzene rings is 4. The van der Waals surface area contributed by atoms with Gasteiger partial charge in [-0.3, -0.25) is 24.0 Å². The summed E-state index contributed by atoms with van der Waals surface area (Å²) in [7, 11) is 0. The molecular weight excluding hydrogens is 1230 g/mol. The molecule has 0 aromatic heterocycles. The molecule has 7 rings (SSSR count). The Bertz CT molecular complexity index is 3020. The first-order chi connectivity index (χ1) is 41.9. The fourth-order valence-corrected chi connectivity index (χ4v) is 9.56. The van der Waals surface area contributed by atoms with E-state index in [0.717, 1.165) is 34.6 Å². The molecule has 0 saturated carbocycles. The minimum Gasteiger partial charge on any atom is -0.463 e. The van der Waals surface area contributed by atoms with Crippen LogP contribution in [0.2, 0.25) is 0 Å². The molecule has 0 spiro atoms. The van der Waals surface area contributed by atoms with Crippen molar-refractivity contribution in [1.82, 2.24) is 5.32 Å². The van der Waals surface area contributed by atoms with Gasteiger partial charge in [-0.2, -0.15) is 0 Å². The van der Waals surface area contributed by atoms with E-state index < -0.39 is 176 Å². The number of alkyl halides is 3. The highest BCUT2D eigenvalue weighted by molar-refractivity contribution is 6.67. The Morgan fingerprint density at radius 2 is 0.875 bits per heavy atom. The van der Waals surface area contributed by atoms with Crippen molar-refractivity contribution in [2.45, 2.75) is 137 Å². The van der Waals surface area contributed by atoms with Crippen LogP contribution in [-0.4, -0.2) is 181 Å². The van der Waals surface area contributed by atoms with E-state index >= 15 is 0 Å². The second-order valence-corrected chi connectivity index (χ2v) is 22.3. The lowest BCUT2D eigenvalue weighted by molar-refractivity contribution is -0.359. The summed E-state index contributed by atoms with van der Waals surface area (Å²) in [6.07, 6.45) is -27.5. The van der Waals surface area contributed by atoms with Crippen molar-refractivity contribution >= 4 is 88.7 Å². The van der Waals surface area contributed by atoms with Crippen LogP contribution in [0.5, 0.6) is 0 Å². The van der Waals surface area contributed by atoms with Crippen LogP contribution in [0.3, 0.4) is 0 Å². The van der Waals surface area contributed by atoms with E-state index in [-0.39, 0.29) is 23.3 Å². The summed E-state index contributed by atoms with van der Waals surface area (Å²) < 4.78 is 87.9. The highest BCUT2D eigenvalue weighted by atomic mass is 35.6. The maximum absolute atomic E-state index is 14.6. The molecule has 1 amide bonds. The predicted octanol–water partition coefficient (Wildman–Crippen LogP) is 5.20. The molecule has 3 saturated heterocycles. The molecule has 2 N–H and O–H groups in total. The lowest BCUT2D eigenvalue weighted by Gasteiger charge is -2.49. The highest BCUT2D eigenvalue weighted by Crippen LogP contribution is 2.37. The van der Waals surface area contributed by atoms with Gasteiger partial charge in [0.1, 0.15) is 43.7 Å². The minimum absolute atomic E-state index is 0.0524. The topological polar surface area (TPSA) is 324 Å². The molecule has 88 heavy (non-hydrogen) atoms. The lowest BCUT2D eigenvalue weighted by Crippen LogP contribution is -2.68. The number of esters is 8. The molecule has 0 bridgehead atoms. The van der Waals surface area contributed by atoms with Crippen molar-refractivity contribution in [1.29, 1.82) is 0 Å². The van der Waals surface area contributed by atoms with E-state index in [1.54, 1.807) is 48.5 Å². The Morgan fingerprint density at radius 3 is 1.39 bits per heavy atom. The number of aliphatic hydroxyl groups is 1. The van der Waals surface area contributed by atoms with Crippen LogP contribution in [-0.2, 0) is 102 Å². The van der Waals surface area contributed by atoms with E-state index in [1.165, 1.54) is 72.8 Å². The van der Waals surface area contributed by atoms with Crippen LogP contribution in [0, 0.1) is 0 Å². The van der Waals surface area contributed by atoms with Crippen LogP contribution in [0.4, 0.5) is 4.79 Å². The third-order valence-electron chi connectivity index (χ3n) is 13.0. The fourth-order valence-electron chi connectivity index (χ4n) is 9.39. The summed E-state index contributed by atoms with van der Waals surface area (Å²) in [6.45, 7) is 2.01. The zero-order valence-electron chi connectivity index (χ0n) is 47.6. The number of alkyl carbamates (subject to hydrolysis) is 1. The van der Waals surface area contributed by atoms with E-state index in [4.69, 9.17) is 106 Å². The molecule has 474 valence electrons. The molecule has 26 nitrogen and oxygen atoms in total. The summed E-state index contributed by atoms with van der Waals surface area (Å²) in [5, 5.41) is 13.9. The smallest absolute Gasteiger partial charge is 0.407 e. The molecule has 3 heterocycles. The van der Waals surface area contributed by atoms with Gasteiger partial charge in [-0.15, -0.1) is 0 Å². The number of hydrogen-bond acceptors (Lipinski definition) is 25. The highest BCUT2D eigenvalue weighted by Gasteiger charge is 2.59. The second kappa shape index (κ2) is 32.1. The van der Waals surface area contributed by atoms with Gasteiger partial charge in [0.05, 0.1) is 36.5 Å². The van der Waals surface area contributed by atoms with Gasteiger partial charge in [-0.1, -0.05) is 120 Å². The standard InChI is InChI=1S/C59H62Cl3NO25/c1-31(64)75-28-41-44(78-32(2)65)47(79-33(3)66)43(63-58(73)77-30-59(60,61)62)56(83-41)76-29-42-45(85-52(69)37-20-12-7-13-21-37)49(86-53(70)38-22-14-8-15-23-38)51(87-54(71)39-24-16-9-17-25-39)57(84-42)88-46-40(27-74-26-36-18-10-6-11-19-36)82-55(72)50(81-35(5)68)48(46)80-34(4)67/h6-25,40-51,55-57,72H,26-30H2,1-5H3,(H,63,73). The monoisotopic (exact) mass is 1290 g/mol. The molecule has 4 aromatic rings. The lowest BCUT2D eigenvalue weighted by atomic mass is 9.95. The van der Waals surface area contributed by atoms with Gasteiger partial charge in [0.25, 0.3) is 0 Å². The zero-order valence-corrected chi connectivity index (χ0v) is 49.9.